The van der Waals surface area contributed by atoms with Crippen molar-refractivity contribution in [2.75, 3.05) is 19.0 Å². The van der Waals surface area contributed by atoms with E-state index in [4.69, 9.17) is 12.2 Å². The number of aromatic amines is 1. The molecule has 3 aromatic rings. The van der Waals surface area contributed by atoms with E-state index in [2.05, 4.69) is 33.2 Å². The van der Waals surface area contributed by atoms with Gasteiger partial charge in [0.15, 0.2) is 5.82 Å². The highest BCUT2D eigenvalue weighted by molar-refractivity contribution is 7.71. The van der Waals surface area contributed by atoms with Gasteiger partial charge >= 0.3 is 0 Å². The van der Waals surface area contributed by atoms with Crippen molar-refractivity contribution in [3.05, 3.63) is 50.9 Å². The number of anilines is 1. The molecule has 0 radical (unpaired) electrons. The predicted octanol–water partition coefficient (Wildman–Crippen LogP) is 3.93. The molecular formula is C16H17N5S2. The van der Waals surface area contributed by atoms with Gasteiger partial charge in [0, 0.05) is 25.3 Å². The lowest BCUT2D eigenvalue weighted by atomic mass is 10.2. The van der Waals surface area contributed by atoms with Crippen LogP contribution in [-0.4, -0.2) is 35.2 Å². The molecule has 3 rings (SSSR count). The Morgan fingerprint density at radius 3 is 2.61 bits per heavy atom. The first-order valence-electron chi connectivity index (χ1n) is 7.10. The van der Waals surface area contributed by atoms with Crippen LogP contribution in [0.3, 0.4) is 0 Å². The molecule has 23 heavy (non-hydrogen) atoms. The summed E-state index contributed by atoms with van der Waals surface area (Å²) in [6.45, 7) is 2.06. The lowest BCUT2D eigenvalue weighted by Crippen LogP contribution is -2.08. The molecule has 5 nitrogen and oxygen atoms in total. The molecule has 0 aliphatic rings. The highest BCUT2D eigenvalue weighted by atomic mass is 32.1. The quantitative estimate of drug-likeness (QED) is 0.577. The summed E-state index contributed by atoms with van der Waals surface area (Å²) in [5.41, 5.74) is 3.29. The molecule has 7 heteroatoms. The molecule has 0 saturated heterocycles. The van der Waals surface area contributed by atoms with Crippen LogP contribution in [0.25, 0.3) is 11.4 Å². The Bertz CT molecular complexity index is 884. The minimum Gasteiger partial charge on any atom is -0.378 e. The number of aromatic nitrogens is 3. The monoisotopic (exact) mass is 343 g/mol. The van der Waals surface area contributed by atoms with Crippen LogP contribution >= 0.6 is 23.6 Å². The fraction of sp³-hybridized carbons (Fsp3) is 0.188. The van der Waals surface area contributed by atoms with E-state index in [1.165, 1.54) is 5.56 Å². The summed E-state index contributed by atoms with van der Waals surface area (Å²) in [6, 6.07) is 10.2. The fourth-order valence-corrected chi connectivity index (χ4v) is 3.08. The molecule has 118 valence electrons. The van der Waals surface area contributed by atoms with Crippen LogP contribution in [0.1, 0.15) is 10.4 Å². The van der Waals surface area contributed by atoms with Gasteiger partial charge in [0.25, 0.3) is 0 Å². The molecule has 0 atom stereocenters. The second-order valence-corrected chi connectivity index (χ2v) is 6.65. The van der Waals surface area contributed by atoms with Crippen molar-refractivity contribution in [2.45, 2.75) is 6.92 Å². The molecule has 1 N–H and O–H groups in total. The standard InChI is InChI=1S/C16H17N5S2/c1-11-8-9-23-14(11)10-17-21-15(18-19-16(21)22)12-4-6-13(7-5-12)20(2)3/h4-10H,1-3H3,(H,19,22). The largest absolute Gasteiger partial charge is 0.378 e. The van der Waals surface area contributed by atoms with Gasteiger partial charge in [-0.15, -0.1) is 11.3 Å². The molecule has 2 heterocycles. The van der Waals surface area contributed by atoms with E-state index in [0.29, 0.717) is 10.6 Å². The maximum Gasteiger partial charge on any atom is 0.216 e. The minimum absolute atomic E-state index is 0.474. The summed E-state index contributed by atoms with van der Waals surface area (Å²) < 4.78 is 2.13. The first-order chi connectivity index (χ1) is 11.1. The van der Waals surface area contributed by atoms with Crippen molar-refractivity contribution >= 4 is 35.5 Å². The average molecular weight is 343 g/mol. The number of nitrogens with zero attached hydrogens (tertiary/aromatic N) is 4. The van der Waals surface area contributed by atoms with Crippen molar-refractivity contribution in [1.29, 1.82) is 0 Å². The van der Waals surface area contributed by atoms with Crippen molar-refractivity contribution in [1.82, 2.24) is 14.9 Å². The first kappa shape index (κ1) is 15.6. The Kier molecular flexibility index (Phi) is 4.40. The number of benzene rings is 1. The molecule has 0 aliphatic heterocycles. The summed E-state index contributed by atoms with van der Waals surface area (Å²) in [5.74, 6) is 0.700. The first-order valence-corrected chi connectivity index (χ1v) is 8.38. The van der Waals surface area contributed by atoms with Crippen LogP contribution in [0.4, 0.5) is 5.69 Å². The van der Waals surface area contributed by atoms with Crippen LogP contribution in [0.2, 0.25) is 0 Å². The van der Waals surface area contributed by atoms with E-state index in [-0.39, 0.29) is 0 Å². The van der Waals surface area contributed by atoms with Gasteiger partial charge in [-0.3, -0.25) is 0 Å². The smallest absolute Gasteiger partial charge is 0.216 e. The Morgan fingerprint density at radius 1 is 1.26 bits per heavy atom. The normalized spacial score (nSPS) is 11.3. The molecular weight excluding hydrogens is 326 g/mol. The van der Waals surface area contributed by atoms with Gasteiger partial charge in [0.2, 0.25) is 4.77 Å². The van der Waals surface area contributed by atoms with Crippen LogP contribution < -0.4 is 4.90 Å². The molecule has 0 bridgehead atoms. The van der Waals surface area contributed by atoms with Crippen molar-refractivity contribution in [2.24, 2.45) is 5.10 Å². The molecule has 1 aromatic carbocycles. The van der Waals surface area contributed by atoms with Crippen LogP contribution in [0.5, 0.6) is 0 Å². The van der Waals surface area contributed by atoms with Gasteiger partial charge in [0.1, 0.15) is 0 Å². The maximum atomic E-state index is 5.29. The lowest BCUT2D eigenvalue weighted by Gasteiger charge is -2.12. The van der Waals surface area contributed by atoms with E-state index < -0.39 is 0 Å². The number of thiophene rings is 1. The van der Waals surface area contributed by atoms with Gasteiger partial charge < -0.3 is 4.90 Å². The second-order valence-electron chi connectivity index (χ2n) is 5.32. The zero-order chi connectivity index (χ0) is 16.4. The fourth-order valence-electron chi connectivity index (χ4n) is 2.12. The number of aryl methyl sites for hydroxylation is 1. The van der Waals surface area contributed by atoms with Gasteiger partial charge in [-0.05, 0) is 60.4 Å². The molecule has 0 fully saturated rings. The van der Waals surface area contributed by atoms with Gasteiger partial charge in [-0.25, -0.2) is 5.10 Å². The second kappa shape index (κ2) is 6.47. The molecule has 0 unspecified atom stereocenters. The van der Waals surface area contributed by atoms with E-state index >= 15 is 0 Å². The van der Waals surface area contributed by atoms with Gasteiger partial charge in [-0.1, -0.05) is 0 Å². The Labute approximate surface area is 143 Å². The molecule has 2 aromatic heterocycles. The topological polar surface area (TPSA) is 49.2 Å². The zero-order valence-electron chi connectivity index (χ0n) is 13.1. The number of rotatable bonds is 4. The lowest BCUT2D eigenvalue weighted by molar-refractivity contribution is 0.872. The summed E-state index contributed by atoms with van der Waals surface area (Å²) in [6.07, 6.45) is 1.82. The molecule has 0 aliphatic carbocycles. The number of nitrogens with one attached hydrogen (secondary N) is 1. The summed E-state index contributed by atoms with van der Waals surface area (Å²) >= 11 is 6.95. The van der Waals surface area contributed by atoms with Gasteiger partial charge in [-0.2, -0.15) is 14.9 Å². The average Bonchev–Trinajstić information content (AvgIpc) is 3.11. The van der Waals surface area contributed by atoms with E-state index in [0.717, 1.165) is 16.1 Å². The highest BCUT2D eigenvalue weighted by Crippen LogP contribution is 2.21. The number of hydrogen-bond acceptors (Lipinski definition) is 5. The van der Waals surface area contributed by atoms with Crippen molar-refractivity contribution in [3.8, 4) is 11.4 Å². The third-order valence-electron chi connectivity index (χ3n) is 3.48. The van der Waals surface area contributed by atoms with E-state index in [1.54, 1.807) is 16.0 Å². The van der Waals surface area contributed by atoms with Crippen LogP contribution in [0.15, 0.2) is 40.8 Å². The van der Waals surface area contributed by atoms with Crippen LogP contribution in [0, 0.1) is 11.7 Å². The predicted molar refractivity (Wildman–Crippen MR) is 99.2 cm³/mol. The SMILES string of the molecule is Cc1ccsc1C=Nn1c(-c2ccc(N(C)C)cc2)n[nH]c1=S. The summed E-state index contributed by atoms with van der Waals surface area (Å²) in [7, 11) is 4.03. The van der Waals surface area contributed by atoms with Gasteiger partial charge in [0.05, 0.1) is 11.1 Å². The summed E-state index contributed by atoms with van der Waals surface area (Å²) in [5, 5.41) is 13.7. The third kappa shape index (κ3) is 3.25. The Hall–Kier alpha value is -2.25. The van der Waals surface area contributed by atoms with Crippen molar-refractivity contribution < 1.29 is 0 Å². The Morgan fingerprint density at radius 2 is 2.00 bits per heavy atom. The molecule has 0 amide bonds. The highest BCUT2D eigenvalue weighted by Gasteiger charge is 2.08. The third-order valence-corrected chi connectivity index (χ3v) is 4.70. The minimum atomic E-state index is 0.474. The van der Waals surface area contributed by atoms with Crippen molar-refractivity contribution in [3.63, 3.8) is 0 Å². The molecule has 0 saturated carbocycles. The molecule has 0 spiro atoms. The zero-order valence-corrected chi connectivity index (χ0v) is 14.8. The van der Waals surface area contributed by atoms with Crippen LogP contribution in [-0.2, 0) is 0 Å². The number of hydrogen-bond donors (Lipinski definition) is 1. The number of H-pyrrole nitrogens is 1. The van der Waals surface area contributed by atoms with E-state index in [1.807, 2.05) is 50.0 Å². The Balaban J connectivity index is 1.97. The van der Waals surface area contributed by atoms with E-state index in [9.17, 15) is 0 Å². The summed E-state index contributed by atoms with van der Waals surface area (Å²) in [4.78, 5) is 3.17. The maximum absolute atomic E-state index is 5.29.